The number of halogens is 3. The van der Waals surface area contributed by atoms with Crippen molar-refractivity contribution in [2.45, 2.75) is 32.6 Å². The van der Waals surface area contributed by atoms with Crippen molar-refractivity contribution in [2.75, 3.05) is 32.7 Å². The van der Waals surface area contributed by atoms with Crippen molar-refractivity contribution in [1.29, 1.82) is 0 Å². The quantitative estimate of drug-likeness (QED) is 0.745. The minimum Gasteiger partial charge on any atom is -0.348 e. The summed E-state index contributed by atoms with van der Waals surface area (Å²) in [6.45, 7) is 6.59. The van der Waals surface area contributed by atoms with Crippen molar-refractivity contribution >= 4 is 11.8 Å². The summed E-state index contributed by atoms with van der Waals surface area (Å²) in [7, 11) is 0. The van der Waals surface area contributed by atoms with Crippen LogP contribution in [-0.4, -0.2) is 75.4 Å². The number of alkyl halides is 3. The molecule has 31 heavy (non-hydrogen) atoms. The number of amides is 2. The summed E-state index contributed by atoms with van der Waals surface area (Å²) in [4.78, 5) is 28.1. The van der Waals surface area contributed by atoms with Gasteiger partial charge in [0.25, 0.3) is 11.8 Å². The van der Waals surface area contributed by atoms with Crippen LogP contribution in [0.3, 0.4) is 0 Å². The van der Waals surface area contributed by atoms with E-state index in [2.05, 4.69) is 20.5 Å². The molecule has 0 bridgehead atoms. The number of nitrogens with one attached hydrogen (secondary N) is 1. The predicted octanol–water partition coefficient (Wildman–Crippen LogP) is 1.89. The standard InChI is InChI=1S/C20H25F3N6O2/c1-14(2)24-18(30)17-13-29(26-25-17)12-9-27-7-10-28(11-8-27)19(31)15-5-3-4-6-16(15)20(21,22)23/h3-6,13-14H,7-12H2,1-2H3,(H,24,30). The van der Waals surface area contributed by atoms with Crippen molar-refractivity contribution in [3.8, 4) is 0 Å². The minimum atomic E-state index is -4.57. The van der Waals surface area contributed by atoms with E-state index in [9.17, 15) is 22.8 Å². The molecule has 2 heterocycles. The van der Waals surface area contributed by atoms with Crippen LogP contribution in [0.2, 0.25) is 0 Å². The Hall–Kier alpha value is -2.95. The van der Waals surface area contributed by atoms with Gasteiger partial charge in [-0.15, -0.1) is 5.10 Å². The van der Waals surface area contributed by atoms with E-state index in [4.69, 9.17) is 0 Å². The van der Waals surface area contributed by atoms with Gasteiger partial charge in [-0.2, -0.15) is 13.2 Å². The van der Waals surface area contributed by atoms with Gasteiger partial charge < -0.3 is 10.2 Å². The fourth-order valence-corrected chi connectivity index (χ4v) is 3.35. The first-order chi connectivity index (χ1) is 14.6. The smallest absolute Gasteiger partial charge is 0.348 e. The van der Waals surface area contributed by atoms with Gasteiger partial charge in [-0.05, 0) is 26.0 Å². The SMILES string of the molecule is CC(C)NC(=O)c1cn(CCN2CCN(C(=O)c3ccccc3C(F)(F)F)CC2)nn1. The molecule has 8 nitrogen and oxygen atoms in total. The molecule has 1 fully saturated rings. The van der Waals surface area contributed by atoms with Gasteiger partial charge in [-0.25, -0.2) is 0 Å². The Labute approximate surface area is 178 Å². The number of benzene rings is 1. The predicted molar refractivity (Wildman–Crippen MR) is 106 cm³/mol. The Morgan fingerprint density at radius 3 is 2.42 bits per heavy atom. The number of aromatic nitrogens is 3. The zero-order chi connectivity index (χ0) is 22.6. The molecule has 1 aromatic carbocycles. The maximum Gasteiger partial charge on any atom is 0.417 e. The highest BCUT2D eigenvalue weighted by Crippen LogP contribution is 2.32. The second kappa shape index (κ2) is 9.46. The van der Waals surface area contributed by atoms with Crippen LogP contribution in [0, 0.1) is 0 Å². The highest BCUT2D eigenvalue weighted by molar-refractivity contribution is 5.96. The number of rotatable bonds is 6. The first kappa shape index (κ1) is 22.7. The van der Waals surface area contributed by atoms with E-state index in [-0.39, 0.29) is 23.2 Å². The van der Waals surface area contributed by atoms with Crippen LogP contribution in [0.5, 0.6) is 0 Å². The molecule has 1 aliphatic rings. The topological polar surface area (TPSA) is 83.4 Å². The second-order valence-electron chi connectivity index (χ2n) is 7.67. The molecule has 0 unspecified atom stereocenters. The number of nitrogens with zero attached hydrogens (tertiary/aromatic N) is 5. The summed E-state index contributed by atoms with van der Waals surface area (Å²) in [5.74, 6) is -0.892. The van der Waals surface area contributed by atoms with E-state index in [1.54, 1.807) is 10.9 Å². The molecule has 168 valence electrons. The van der Waals surface area contributed by atoms with E-state index < -0.39 is 17.6 Å². The summed E-state index contributed by atoms with van der Waals surface area (Å²) in [5, 5.41) is 10.6. The van der Waals surface area contributed by atoms with Crippen molar-refractivity contribution in [1.82, 2.24) is 30.1 Å². The molecule has 2 amide bonds. The van der Waals surface area contributed by atoms with Crippen molar-refractivity contribution in [3.63, 3.8) is 0 Å². The van der Waals surface area contributed by atoms with Crippen LogP contribution in [-0.2, 0) is 12.7 Å². The zero-order valence-electron chi connectivity index (χ0n) is 17.4. The fraction of sp³-hybridized carbons (Fsp3) is 0.500. The summed E-state index contributed by atoms with van der Waals surface area (Å²) in [6.07, 6.45) is -3.00. The summed E-state index contributed by atoms with van der Waals surface area (Å²) in [5.41, 5.74) is -0.989. The van der Waals surface area contributed by atoms with Crippen LogP contribution in [0.4, 0.5) is 13.2 Å². The monoisotopic (exact) mass is 438 g/mol. The third-order valence-electron chi connectivity index (χ3n) is 4.96. The lowest BCUT2D eigenvalue weighted by Gasteiger charge is -2.35. The van der Waals surface area contributed by atoms with Gasteiger partial charge >= 0.3 is 6.18 Å². The number of hydrogen-bond acceptors (Lipinski definition) is 5. The Balaban J connectivity index is 1.51. The van der Waals surface area contributed by atoms with E-state index >= 15 is 0 Å². The van der Waals surface area contributed by atoms with Gasteiger partial charge in [-0.3, -0.25) is 19.2 Å². The molecule has 2 aromatic rings. The van der Waals surface area contributed by atoms with E-state index in [0.29, 0.717) is 39.3 Å². The van der Waals surface area contributed by atoms with Crippen molar-refractivity contribution < 1.29 is 22.8 Å². The molecular weight excluding hydrogens is 413 g/mol. The lowest BCUT2D eigenvalue weighted by atomic mass is 10.1. The highest BCUT2D eigenvalue weighted by Gasteiger charge is 2.36. The Bertz CT molecular complexity index is 920. The molecule has 0 spiro atoms. The first-order valence-corrected chi connectivity index (χ1v) is 10.0. The molecular formula is C20H25F3N6O2. The number of carbonyl (C=O) groups excluding carboxylic acids is 2. The van der Waals surface area contributed by atoms with E-state index in [0.717, 1.165) is 6.07 Å². The molecule has 3 rings (SSSR count). The number of piperazine rings is 1. The molecule has 0 aliphatic carbocycles. The fourth-order valence-electron chi connectivity index (χ4n) is 3.35. The van der Waals surface area contributed by atoms with Gasteiger partial charge in [0.05, 0.1) is 23.9 Å². The van der Waals surface area contributed by atoms with E-state index in [1.807, 2.05) is 13.8 Å². The average Bonchev–Trinajstić information content (AvgIpc) is 3.20. The summed E-state index contributed by atoms with van der Waals surface area (Å²) < 4.78 is 41.2. The number of hydrogen-bond donors (Lipinski definition) is 1. The Morgan fingerprint density at radius 1 is 1.10 bits per heavy atom. The largest absolute Gasteiger partial charge is 0.417 e. The van der Waals surface area contributed by atoms with Crippen molar-refractivity contribution in [3.05, 3.63) is 47.3 Å². The molecule has 0 atom stereocenters. The second-order valence-corrected chi connectivity index (χ2v) is 7.67. The third kappa shape index (κ3) is 5.81. The molecule has 1 aromatic heterocycles. The van der Waals surface area contributed by atoms with Gasteiger partial charge in [0.15, 0.2) is 5.69 Å². The van der Waals surface area contributed by atoms with Crippen LogP contribution >= 0.6 is 0 Å². The number of carbonyl (C=O) groups is 2. The molecule has 1 N–H and O–H groups in total. The van der Waals surface area contributed by atoms with Crippen LogP contribution < -0.4 is 5.32 Å². The van der Waals surface area contributed by atoms with Crippen LogP contribution in [0.1, 0.15) is 40.3 Å². The molecule has 11 heteroatoms. The molecule has 0 radical (unpaired) electrons. The van der Waals surface area contributed by atoms with Crippen LogP contribution in [0.25, 0.3) is 0 Å². The zero-order valence-corrected chi connectivity index (χ0v) is 17.4. The molecule has 1 aliphatic heterocycles. The highest BCUT2D eigenvalue weighted by atomic mass is 19.4. The minimum absolute atomic E-state index is 0.000228. The average molecular weight is 438 g/mol. The maximum atomic E-state index is 13.2. The maximum absolute atomic E-state index is 13.2. The van der Waals surface area contributed by atoms with Gasteiger partial charge in [-0.1, -0.05) is 17.3 Å². The summed E-state index contributed by atoms with van der Waals surface area (Å²) >= 11 is 0. The van der Waals surface area contributed by atoms with Crippen molar-refractivity contribution in [2.24, 2.45) is 0 Å². The molecule has 0 saturated carbocycles. The Morgan fingerprint density at radius 2 is 1.77 bits per heavy atom. The lowest BCUT2D eigenvalue weighted by molar-refractivity contribution is -0.138. The lowest BCUT2D eigenvalue weighted by Crippen LogP contribution is -2.49. The summed E-state index contributed by atoms with van der Waals surface area (Å²) in [6, 6.07) is 4.86. The first-order valence-electron chi connectivity index (χ1n) is 10.0. The van der Waals surface area contributed by atoms with Gasteiger partial charge in [0.2, 0.25) is 0 Å². The van der Waals surface area contributed by atoms with E-state index in [1.165, 1.54) is 23.1 Å². The Kier molecular flexibility index (Phi) is 6.94. The van der Waals surface area contributed by atoms with Gasteiger partial charge in [0, 0.05) is 38.8 Å². The third-order valence-corrected chi connectivity index (χ3v) is 4.96. The van der Waals surface area contributed by atoms with Gasteiger partial charge in [0.1, 0.15) is 0 Å². The molecule has 1 saturated heterocycles. The normalized spacial score (nSPS) is 15.4. The van der Waals surface area contributed by atoms with Crippen LogP contribution in [0.15, 0.2) is 30.5 Å².